The smallest absolute Gasteiger partial charge is 0.224 e. The first-order chi connectivity index (χ1) is 9.17. The van der Waals surface area contributed by atoms with Crippen LogP contribution < -0.4 is 9.47 Å². The highest BCUT2D eigenvalue weighted by molar-refractivity contribution is 5.79. The van der Waals surface area contributed by atoms with Crippen LogP contribution in [0, 0.1) is 17.2 Å². The Bertz CT molecular complexity index is 522. The van der Waals surface area contributed by atoms with Crippen LogP contribution in [0.3, 0.4) is 0 Å². The molecule has 0 N–H and O–H groups in total. The second-order valence-corrected chi connectivity index (χ2v) is 4.49. The van der Waals surface area contributed by atoms with Crippen LogP contribution in [-0.4, -0.2) is 31.6 Å². The molecule has 100 valence electrons. The minimum Gasteiger partial charge on any atom is -0.493 e. The van der Waals surface area contributed by atoms with Gasteiger partial charge >= 0.3 is 0 Å². The maximum atomic E-state index is 11.7. The third-order valence-corrected chi connectivity index (χ3v) is 3.22. The fourth-order valence-electron chi connectivity index (χ4n) is 2.21. The van der Waals surface area contributed by atoms with Crippen LogP contribution in [0.25, 0.3) is 0 Å². The zero-order valence-electron chi connectivity index (χ0n) is 11.0. The number of ether oxygens (including phenoxy) is 2. The van der Waals surface area contributed by atoms with Crippen LogP contribution in [0.15, 0.2) is 18.2 Å². The maximum Gasteiger partial charge on any atom is 0.224 e. The van der Waals surface area contributed by atoms with Crippen LogP contribution in [-0.2, 0) is 11.3 Å². The molecule has 1 aromatic rings. The van der Waals surface area contributed by atoms with E-state index in [2.05, 4.69) is 6.07 Å². The normalized spacial score (nSPS) is 18.3. The van der Waals surface area contributed by atoms with Gasteiger partial charge in [-0.05, 0) is 17.7 Å². The van der Waals surface area contributed by atoms with E-state index in [0.29, 0.717) is 31.0 Å². The number of rotatable bonds is 4. The van der Waals surface area contributed by atoms with E-state index in [-0.39, 0.29) is 11.8 Å². The van der Waals surface area contributed by atoms with E-state index in [9.17, 15) is 4.79 Å². The van der Waals surface area contributed by atoms with Crippen LogP contribution in [0.5, 0.6) is 11.5 Å². The number of hydrogen-bond acceptors (Lipinski definition) is 4. The molecule has 5 nitrogen and oxygen atoms in total. The molecule has 2 rings (SSSR count). The van der Waals surface area contributed by atoms with E-state index in [1.54, 1.807) is 19.1 Å². The molecule has 1 amide bonds. The molecule has 1 aliphatic rings. The standard InChI is InChI=1S/C14H16N2O3/c1-18-12-4-3-10(5-13(12)19-2)8-16-9-11(7-15)6-14(16)17/h3-5,11H,6,8-9H2,1-2H3/t11-/m0/s1. The molecule has 0 radical (unpaired) electrons. The summed E-state index contributed by atoms with van der Waals surface area (Å²) in [4.78, 5) is 13.4. The number of methoxy groups -OCH3 is 2. The largest absolute Gasteiger partial charge is 0.493 e. The summed E-state index contributed by atoms with van der Waals surface area (Å²) >= 11 is 0. The molecule has 1 aliphatic heterocycles. The summed E-state index contributed by atoms with van der Waals surface area (Å²) in [6, 6.07) is 7.71. The fraction of sp³-hybridized carbons (Fsp3) is 0.429. The van der Waals surface area contributed by atoms with Gasteiger partial charge in [-0.15, -0.1) is 0 Å². The number of likely N-dealkylation sites (tertiary alicyclic amines) is 1. The van der Waals surface area contributed by atoms with Crippen LogP contribution in [0.4, 0.5) is 0 Å². The van der Waals surface area contributed by atoms with Gasteiger partial charge in [0, 0.05) is 19.5 Å². The van der Waals surface area contributed by atoms with Gasteiger partial charge in [0.1, 0.15) is 0 Å². The summed E-state index contributed by atoms with van der Waals surface area (Å²) < 4.78 is 10.4. The van der Waals surface area contributed by atoms with Crippen molar-refractivity contribution >= 4 is 5.91 Å². The van der Waals surface area contributed by atoms with Gasteiger partial charge in [-0.3, -0.25) is 4.79 Å². The lowest BCUT2D eigenvalue weighted by atomic mass is 10.1. The van der Waals surface area contributed by atoms with Gasteiger partial charge < -0.3 is 14.4 Å². The Hall–Kier alpha value is -2.22. The number of amides is 1. The molecule has 1 atom stereocenters. The van der Waals surface area contributed by atoms with Crippen LogP contribution >= 0.6 is 0 Å². The minimum absolute atomic E-state index is 0.0290. The lowest BCUT2D eigenvalue weighted by Crippen LogP contribution is -2.24. The lowest BCUT2D eigenvalue weighted by Gasteiger charge is -2.17. The molecule has 5 heteroatoms. The molecule has 1 saturated heterocycles. The van der Waals surface area contributed by atoms with Gasteiger partial charge in [0.05, 0.1) is 26.2 Å². The SMILES string of the molecule is COc1ccc(CN2C[C@H](C#N)CC2=O)cc1OC. The summed E-state index contributed by atoms with van der Waals surface area (Å²) in [5.41, 5.74) is 0.963. The van der Waals surface area contributed by atoms with Crippen molar-refractivity contribution in [2.24, 2.45) is 5.92 Å². The summed E-state index contributed by atoms with van der Waals surface area (Å²) in [6.07, 6.45) is 0.323. The van der Waals surface area contributed by atoms with Crippen molar-refractivity contribution in [2.75, 3.05) is 20.8 Å². The zero-order chi connectivity index (χ0) is 13.8. The van der Waals surface area contributed by atoms with Gasteiger partial charge in [-0.25, -0.2) is 0 Å². The molecule has 19 heavy (non-hydrogen) atoms. The maximum absolute atomic E-state index is 11.7. The number of benzene rings is 1. The average molecular weight is 260 g/mol. The molecule has 1 heterocycles. The van der Waals surface area contributed by atoms with Gasteiger partial charge in [-0.2, -0.15) is 5.26 Å². The second kappa shape index (κ2) is 5.61. The topological polar surface area (TPSA) is 62.6 Å². The Morgan fingerprint density at radius 3 is 2.68 bits per heavy atom. The Balaban J connectivity index is 2.12. The molecule has 0 unspecified atom stereocenters. The van der Waals surface area contributed by atoms with Crippen molar-refractivity contribution in [1.82, 2.24) is 4.90 Å². The van der Waals surface area contributed by atoms with Crippen molar-refractivity contribution in [1.29, 1.82) is 5.26 Å². The molecular formula is C14H16N2O3. The predicted octanol–water partition coefficient (Wildman–Crippen LogP) is 1.58. The molecule has 0 aromatic heterocycles. The molecule has 1 fully saturated rings. The van der Waals surface area contributed by atoms with Crippen LogP contribution in [0.1, 0.15) is 12.0 Å². The highest BCUT2D eigenvalue weighted by Crippen LogP contribution is 2.29. The lowest BCUT2D eigenvalue weighted by molar-refractivity contribution is -0.128. The molecule has 0 aliphatic carbocycles. The van der Waals surface area contributed by atoms with E-state index in [1.807, 2.05) is 18.2 Å². The monoisotopic (exact) mass is 260 g/mol. The van der Waals surface area contributed by atoms with E-state index >= 15 is 0 Å². The number of nitrogens with zero attached hydrogens (tertiary/aromatic N) is 2. The Labute approximate surface area is 112 Å². The highest BCUT2D eigenvalue weighted by atomic mass is 16.5. The van der Waals surface area contributed by atoms with Crippen molar-refractivity contribution < 1.29 is 14.3 Å². The van der Waals surface area contributed by atoms with Crippen molar-refractivity contribution in [3.63, 3.8) is 0 Å². The Morgan fingerprint density at radius 1 is 1.37 bits per heavy atom. The summed E-state index contributed by atoms with van der Waals surface area (Å²) in [6.45, 7) is 1.00. The second-order valence-electron chi connectivity index (χ2n) is 4.49. The molecular weight excluding hydrogens is 244 g/mol. The number of hydrogen-bond donors (Lipinski definition) is 0. The predicted molar refractivity (Wildman–Crippen MR) is 68.7 cm³/mol. The number of carbonyl (C=O) groups is 1. The molecule has 1 aromatic carbocycles. The number of nitriles is 1. The highest BCUT2D eigenvalue weighted by Gasteiger charge is 2.29. The summed E-state index contributed by atoms with van der Waals surface area (Å²) in [5, 5.41) is 8.85. The summed E-state index contributed by atoms with van der Waals surface area (Å²) in [5.74, 6) is 1.14. The third kappa shape index (κ3) is 2.79. The van der Waals surface area contributed by atoms with E-state index in [4.69, 9.17) is 14.7 Å². The molecule has 0 spiro atoms. The summed E-state index contributed by atoms with van der Waals surface area (Å²) in [7, 11) is 3.16. The van der Waals surface area contributed by atoms with Gasteiger partial charge in [0.25, 0.3) is 0 Å². The number of carbonyl (C=O) groups excluding carboxylic acids is 1. The van der Waals surface area contributed by atoms with Crippen LogP contribution in [0.2, 0.25) is 0 Å². The zero-order valence-corrected chi connectivity index (χ0v) is 11.0. The van der Waals surface area contributed by atoms with Gasteiger partial charge in [-0.1, -0.05) is 6.07 Å². The van der Waals surface area contributed by atoms with E-state index in [1.165, 1.54) is 0 Å². The Kier molecular flexibility index (Phi) is 3.91. The first-order valence-electron chi connectivity index (χ1n) is 6.06. The first kappa shape index (κ1) is 13.2. The quantitative estimate of drug-likeness (QED) is 0.824. The van der Waals surface area contributed by atoms with E-state index in [0.717, 1.165) is 5.56 Å². The first-order valence-corrected chi connectivity index (χ1v) is 6.06. The average Bonchev–Trinajstić information content (AvgIpc) is 2.79. The van der Waals surface area contributed by atoms with E-state index < -0.39 is 0 Å². The third-order valence-electron chi connectivity index (χ3n) is 3.22. The molecule has 0 bridgehead atoms. The molecule has 0 saturated carbocycles. The van der Waals surface area contributed by atoms with Gasteiger partial charge in [0.2, 0.25) is 5.91 Å². The van der Waals surface area contributed by atoms with Crippen molar-refractivity contribution in [3.8, 4) is 17.6 Å². The van der Waals surface area contributed by atoms with Crippen molar-refractivity contribution in [2.45, 2.75) is 13.0 Å². The van der Waals surface area contributed by atoms with Crippen molar-refractivity contribution in [3.05, 3.63) is 23.8 Å². The Morgan fingerprint density at radius 2 is 2.11 bits per heavy atom. The van der Waals surface area contributed by atoms with Gasteiger partial charge in [0.15, 0.2) is 11.5 Å². The minimum atomic E-state index is -0.187. The fourth-order valence-corrected chi connectivity index (χ4v) is 2.21.